The van der Waals surface area contributed by atoms with E-state index in [0.717, 1.165) is 30.3 Å². The Hall–Kier alpha value is -1.17. The highest BCUT2D eigenvalue weighted by molar-refractivity contribution is 7.09. The van der Waals surface area contributed by atoms with Crippen LogP contribution >= 0.6 is 11.5 Å². The molecule has 2 rings (SSSR count). The highest BCUT2D eigenvalue weighted by atomic mass is 32.1. The van der Waals surface area contributed by atoms with Crippen molar-refractivity contribution in [3.63, 3.8) is 0 Å². The number of nitrogens with one attached hydrogen (secondary N) is 1. The summed E-state index contributed by atoms with van der Waals surface area (Å²) in [6.07, 6.45) is 4.36. The first kappa shape index (κ1) is 16.2. The van der Waals surface area contributed by atoms with Crippen LogP contribution in [0.4, 0.5) is 5.13 Å². The lowest BCUT2D eigenvalue weighted by molar-refractivity contribution is -0.137. The molecule has 2 N–H and O–H groups in total. The zero-order valence-electron chi connectivity index (χ0n) is 13.1. The molecule has 1 heterocycles. The first-order valence-electron chi connectivity index (χ1n) is 7.65. The van der Waals surface area contributed by atoms with Gasteiger partial charge < -0.3 is 10.4 Å². The van der Waals surface area contributed by atoms with Crippen LogP contribution in [0.15, 0.2) is 0 Å². The van der Waals surface area contributed by atoms with Gasteiger partial charge >= 0.3 is 5.97 Å². The molecule has 1 aliphatic carbocycles. The van der Waals surface area contributed by atoms with E-state index in [9.17, 15) is 4.79 Å². The topological polar surface area (TPSA) is 75.1 Å². The Bertz CT molecular complexity index is 478. The third-order valence-electron chi connectivity index (χ3n) is 4.08. The van der Waals surface area contributed by atoms with Gasteiger partial charge in [-0.25, -0.2) is 4.98 Å². The fourth-order valence-electron chi connectivity index (χ4n) is 2.48. The van der Waals surface area contributed by atoms with Gasteiger partial charge in [0.05, 0.1) is 0 Å². The molecule has 0 saturated heterocycles. The van der Waals surface area contributed by atoms with Gasteiger partial charge in [-0.05, 0) is 37.0 Å². The summed E-state index contributed by atoms with van der Waals surface area (Å²) < 4.78 is 4.37. The van der Waals surface area contributed by atoms with Crippen LogP contribution in [0.2, 0.25) is 0 Å². The average Bonchev–Trinajstić information content (AvgIpc) is 3.12. The van der Waals surface area contributed by atoms with Crippen molar-refractivity contribution in [1.82, 2.24) is 9.36 Å². The molecule has 1 atom stereocenters. The van der Waals surface area contributed by atoms with Gasteiger partial charge in [0.25, 0.3) is 0 Å². The predicted octanol–water partition coefficient (Wildman–Crippen LogP) is 3.74. The van der Waals surface area contributed by atoms with E-state index in [0.29, 0.717) is 11.8 Å². The molecule has 1 aliphatic rings. The highest BCUT2D eigenvalue weighted by Crippen LogP contribution is 2.39. The van der Waals surface area contributed by atoms with Crippen molar-refractivity contribution in [3.05, 3.63) is 5.82 Å². The number of nitrogens with zero attached hydrogens (tertiary/aromatic N) is 2. The molecule has 6 heteroatoms. The largest absolute Gasteiger partial charge is 0.481 e. The van der Waals surface area contributed by atoms with Gasteiger partial charge in [0.1, 0.15) is 5.82 Å². The molecule has 1 aromatic heterocycles. The Labute approximate surface area is 130 Å². The average molecular weight is 311 g/mol. The van der Waals surface area contributed by atoms with Crippen LogP contribution in [0.1, 0.15) is 64.6 Å². The monoisotopic (exact) mass is 311 g/mol. The number of carboxylic acid groups (broad SMARTS) is 1. The summed E-state index contributed by atoms with van der Waals surface area (Å²) in [6.45, 7) is 7.35. The van der Waals surface area contributed by atoms with Crippen LogP contribution < -0.4 is 5.32 Å². The molecule has 21 heavy (non-hydrogen) atoms. The predicted molar refractivity (Wildman–Crippen MR) is 84.8 cm³/mol. The van der Waals surface area contributed by atoms with Crippen LogP contribution in [-0.2, 0) is 4.79 Å². The van der Waals surface area contributed by atoms with E-state index in [-0.39, 0.29) is 11.8 Å². The van der Waals surface area contributed by atoms with Crippen LogP contribution in [0.5, 0.6) is 0 Å². The lowest BCUT2D eigenvalue weighted by atomic mass is 9.76. The molecular formula is C15H25N3O2S. The zero-order valence-corrected chi connectivity index (χ0v) is 13.9. The molecule has 1 saturated carbocycles. The minimum Gasteiger partial charge on any atom is -0.481 e. The molecule has 1 fully saturated rings. The number of anilines is 1. The molecule has 118 valence electrons. The second kappa shape index (κ2) is 6.73. The second-order valence-corrected chi connectivity index (χ2v) is 7.69. The molecule has 5 nitrogen and oxygen atoms in total. The quantitative estimate of drug-likeness (QED) is 0.765. The van der Waals surface area contributed by atoms with Crippen LogP contribution in [-0.4, -0.2) is 27.0 Å². The van der Waals surface area contributed by atoms with E-state index in [4.69, 9.17) is 5.11 Å². The first-order chi connectivity index (χ1) is 9.86. The van der Waals surface area contributed by atoms with Crippen LogP contribution in [0.25, 0.3) is 0 Å². The number of carbonyl (C=O) groups is 1. The standard InChI is InChI=1S/C15H25N3O2S/c1-15(2,3)11(6-7-12(19)20)8-9-16-14-17-13(18-21-14)10-4-5-10/h10-11H,4-9H2,1-3H3,(H,19,20)(H,16,17,18). The summed E-state index contributed by atoms with van der Waals surface area (Å²) in [7, 11) is 0. The Morgan fingerprint density at radius 1 is 1.43 bits per heavy atom. The molecule has 0 aromatic carbocycles. The summed E-state index contributed by atoms with van der Waals surface area (Å²) in [5.74, 6) is 1.25. The maximum Gasteiger partial charge on any atom is 0.303 e. The van der Waals surface area contributed by atoms with Crippen molar-refractivity contribution < 1.29 is 9.90 Å². The van der Waals surface area contributed by atoms with E-state index in [1.807, 2.05) is 0 Å². The molecule has 1 aromatic rings. The molecule has 1 unspecified atom stereocenters. The van der Waals surface area contributed by atoms with Crippen LogP contribution in [0, 0.1) is 11.3 Å². The number of aromatic nitrogens is 2. The third kappa shape index (κ3) is 5.26. The van der Waals surface area contributed by atoms with E-state index in [2.05, 4.69) is 35.4 Å². The molecule has 0 amide bonds. The molecular weight excluding hydrogens is 286 g/mol. The van der Waals surface area contributed by atoms with Gasteiger partial charge in [-0.2, -0.15) is 4.37 Å². The minimum atomic E-state index is -0.713. The van der Waals surface area contributed by atoms with Crippen molar-refractivity contribution in [1.29, 1.82) is 0 Å². The van der Waals surface area contributed by atoms with Crippen molar-refractivity contribution >= 4 is 22.6 Å². The number of carboxylic acids is 1. The van der Waals surface area contributed by atoms with Gasteiger partial charge in [-0.15, -0.1) is 0 Å². The summed E-state index contributed by atoms with van der Waals surface area (Å²) in [6, 6.07) is 0. The van der Waals surface area contributed by atoms with E-state index in [1.54, 1.807) is 0 Å². The van der Waals surface area contributed by atoms with Gasteiger partial charge in [0.2, 0.25) is 5.13 Å². The lowest BCUT2D eigenvalue weighted by Gasteiger charge is -2.30. The Balaban J connectivity index is 1.78. The summed E-state index contributed by atoms with van der Waals surface area (Å²) in [4.78, 5) is 15.3. The molecule has 0 aliphatic heterocycles. The smallest absolute Gasteiger partial charge is 0.303 e. The number of aliphatic carboxylic acids is 1. The minimum absolute atomic E-state index is 0.122. The summed E-state index contributed by atoms with van der Waals surface area (Å²) >= 11 is 1.43. The van der Waals surface area contributed by atoms with Crippen molar-refractivity contribution in [2.45, 2.75) is 58.8 Å². The van der Waals surface area contributed by atoms with Crippen molar-refractivity contribution in [2.75, 3.05) is 11.9 Å². The third-order valence-corrected chi connectivity index (χ3v) is 4.77. The molecule has 0 radical (unpaired) electrons. The Morgan fingerprint density at radius 3 is 2.71 bits per heavy atom. The number of hydrogen-bond donors (Lipinski definition) is 2. The number of hydrogen-bond acceptors (Lipinski definition) is 5. The normalized spacial score (nSPS) is 16.7. The van der Waals surface area contributed by atoms with E-state index < -0.39 is 5.97 Å². The van der Waals surface area contributed by atoms with Gasteiger partial charge in [-0.1, -0.05) is 20.8 Å². The maximum absolute atomic E-state index is 10.8. The fraction of sp³-hybridized carbons (Fsp3) is 0.800. The molecule has 0 spiro atoms. The second-order valence-electron chi connectivity index (χ2n) is 6.94. The molecule has 0 bridgehead atoms. The van der Waals surface area contributed by atoms with E-state index in [1.165, 1.54) is 24.4 Å². The zero-order chi connectivity index (χ0) is 15.5. The van der Waals surface area contributed by atoms with Gasteiger partial charge in [0.15, 0.2) is 0 Å². The van der Waals surface area contributed by atoms with E-state index >= 15 is 0 Å². The number of rotatable bonds is 8. The SMILES string of the molecule is CC(C)(C)C(CCNc1nc(C2CC2)ns1)CCC(=O)O. The van der Waals surface area contributed by atoms with Gasteiger partial charge in [-0.3, -0.25) is 4.79 Å². The van der Waals surface area contributed by atoms with Crippen molar-refractivity contribution in [3.8, 4) is 0 Å². The van der Waals surface area contributed by atoms with Crippen LogP contribution in [0.3, 0.4) is 0 Å². The Morgan fingerprint density at radius 2 is 2.14 bits per heavy atom. The highest BCUT2D eigenvalue weighted by Gasteiger charge is 2.28. The Kier molecular flexibility index (Phi) is 5.19. The maximum atomic E-state index is 10.8. The fourth-order valence-corrected chi connectivity index (χ4v) is 3.15. The van der Waals surface area contributed by atoms with Gasteiger partial charge in [0, 0.05) is 30.4 Å². The van der Waals surface area contributed by atoms with Crippen molar-refractivity contribution in [2.24, 2.45) is 11.3 Å². The lowest BCUT2D eigenvalue weighted by Crippen LogP contribution is -2.24. The summed E-state index contributed by atoms with van der Waals surface area (Å²) in [5.41, 5.74) is 0.122. The first-order valence-corrected chi connectivity index (χ1v) is 8.43. The summed E-state index contributed by atoms with van der Waals surface area (Å²) in [5, 5.41) is 13.1.